The molecular weight excluding hydrogens is 250 g/mol. The topological polar surface area (TPSA) is 66.1 Å². The Kier molecular flexibility index (Phi) is 4.07. The summed E-state index contributed by atoms with van der Waals surface area (Å²) in [6.45, 7) is 5.19. The fourth-order valence-corrected chi connectivity index (χ4v) is 4.17. The van der Waals surface area contributed by atoms with Crippen molar-refractivity contribution in [1.82, 2.24) is 14.5 Å². The number of nitrogens with zero attached hydrogens (tertiary/aromatic N) is 2. The number of hydrogen-bond donors (Lipinski definition) is 1. The van der Waals surface area contributed by atoms with Crippen LogP contribution in [0.2, 0.25) is 0 Å². The van der Waals surface area contributed by atoms with Crippen molar-refractivity contribution in [3.05, 3.63) is 11.9 Å². The number of aryl methyl sites for hydroxylation is 1. The lowest BCUT2D eigenvalue weighted by Gasteiger charge is -2.30. The van der Waals surface area contributed by atoms with E-state index < -0.39 is 10.0 Å². The first kappa shape index (κ1) is 13.5. The van der Waals surface area contributed by atoms with Crippen LogP contribution in [-0.4, -0.2) is 36.0 Å². The van der Waals surface area contributed by atoms with Crippen molar-refractivity contribution in [1.29, 1.82) is 0 Å². The van der Waals surface area contributed by atoms with Crippen molar-refractivity contribution in [3.8, 4) is 0 Å². The number of H-pyrrole nitrogens is 1. The van der Waals surface area contributed by atoms with E-state index >= 15 is 0 Å². The van der Waals surface area contributed by atoms with Crippen LogP contribution in [0, 0.1) is 12.8 Å². The molecule has 0 unspecified atom stereocenters. The molecule has 1 aliphatic rings. The van der Waals surface area contributed by atoms with Crippen LogP contribution in [0.3, 0.4) is 0 Å². The normalized spacial score (nSPS) is 19.2. The largest absolute Gasteiger partial charge is 0.281 e. The SMILES string of the molecule is CCCC1CCN(S(=O)(=O)c2cn[nH]c2C)CC1. The Hall–Kier alpha value is -0.880. The number of nitrogens with one attached hydrogen (secondary N) is 1. The fourth-order valence-electron chi connectivity index (χ4n) is 2.59. The Morgan fingerprint density at radius 2 is 2.11 bits per heavy atom. The molecular formula is C12H21N3O2S. The number of aromatic nitrogens is 2. The summed E-state index contributed by atoms with van der Waals surface area (Å²) in [6, 6.07) is 0. The Balaban J connectivity index is 2.08. The first-order chi connectivity index (χ1) is 8.55. The van der Waals surface area contributed by atoms with E-state index in [4.69, 9.17) is 0 Å². The maximum absolute atomic E-state index is 12.4. The van der Waals surface area contributed by atoms with Gasteiger partial charge in [-0.05, 0) is 25.7 Å². The van der Waals surface area contributed by atoms with Crippen molar-refractivity contribution in [3.63, 3.8) is 0 Å². The zero-order valence-electron chi connectivity index (χ0n) is 11.0. The summed E-state index contributed by atoms with van der Waals surface area (Å²) in [5.41, 5.74) is 0.616. The lowest BCUT2D eigenvalue weighted by Crippen LogP contribution is -2.38. The van der Waals surface area contributed by atoms with Gasteiger partial charge in [0.25, 0.3) is 0 Å². The lowest BCUT2D eigenvalue weighted by molar-refractivity contribution is 0.262. The molecule has 2 heterocycles. The van der Waals surface area contributed by atoms with Crippen LogP contribution in [0.15, 0.2) is 11.1 Å². The van der Waals surface area contributed by atoms with Crippen LogP contribution in [0.25, 0.3) is 0 Å². The van der Waals surface area contributed by atoms with E-state index in [0.717, 1.165) is 12.8 Å². The number of piperidine rings is 1. The second-order valence-electron chi connectivity index (χ2n) is 5.00. The van der Waals surface area contributed by atoms with Gasteiger partial charge in [0, 0.05) is 13.1 Å². The van der Waals surface area contributed by atoms with Crippen molar-refractivity contribution in [2.24, 2.45) is 5.92 Å². The Labute approximate surface area is 109 Å². The Bertz CT molecular complexity index is 487. The summed E-state index contributed by atoms with van der Waals surface area (Å²) >= 11 is 0. The number of sulfonamides is 1. The Morgan fingerprint density at radius 3 is 2.61 bits per heavy atom. The predicted octanol–water partition coefficient (Wildman–Crippen LogP) is 1.92. The van der Waals surface area contributed by atoms with Gasteiger partial charge in [-0.1, -0.05) is 19.8 Å². The van der Waals surface area contributed by atoms with Crippen molar-refractivity contribution < 1.29 is 8.42 Å². The minimum Gasteiger partial charge on any atom is -0.281 e. The van der Waals surface area contributed by atoms with E-state index in [1.54, 1.807) is 11.2 Å². The van der Waals surface area contributed by atoms with Gasteiger partial charge in [-0.25, -0.2) is 8.42 Å². The maximum Gasteiger partial charge on any atom is 0.246 e. The quantitative estimate of drug-likeness (QED) is 0.909. The number of rotatable bonds is 4. The van der Waals surface area contributed by atoms with Crippen LogP contribution < -0.4 is 0 Å². The van der Waals surface area contributed by atoms with E-state index in [1.165, 1.54) is 19.0 Å². The van der Waals surface area contributed by atoms with Crippen LogP contribution in [-0.2, 0) is 10.0 Å². The van der Waals surface area contributed by atoms with Gasteiger partial charge >= 0.3 is 0 Å². The summed E-state index contributed by atoms with van der Waals surface area (Å²) < 4.78 is 26.4. The smallest absolute Gasteiger partial charge is 0.246 e. The zero-order valence-corrected chi connectivity index (χ0v) is 11.8. The van der Waals surface area contributed by atoms with E-state index in [0.29, 0.717) is 29.6 Å². The van der Waals surface area contributed by atoms with Gasteiger partial charge in [0.05, 0.1) is 11.9 Å². The highest BCUT2D eigenvalue weighted by Crippen LogP contribution is 2.26. The second-order valence-corrected chi connectivity index (χ2v) is 6.90. The minimum absolute atomic E-state index is 0.316. The van der Waals surface area contributed by atoms with Crippen LogP contribution in [0.5, 0.6) is 0 Å². The molecule has 102 valence electrons. The molecule has 0 spiro atoms. The molecule has 5 nitrogen and oxygen atoms in total. The van der Waals surface area contributed by atoms with E-state index in [1.807, 2.05) is 0 Å². The molecule has 1 N–H and O–H groups in total. The zero-order chi connectivity index (χ0) is 13.2. The highest BCUT2D eigenvalue weighted by atomic mass is 32.2. The number of aromatic amines is 1. The molecule has 2 rings (SSSR count). The number of hydrogen-bond acceptors (Lipinski definition) is 3. The highest BCUT2D eigenvalue weighted by molar-refractivity contribution is 7.89. The molecule has 1 fully saturated rings. The minimum atomic E-state index is -3.35. The van der Waals surface area contributed by atoms with Gasteiger partial charge in [0.1, 0.15) is 4.90 Å². The third-order valence-corrected chi connectivity index (χ3v) is 5.68. The molecule has 1 saturated heterocycles. The first-order valence-corrected chi connectivity index (χ1v) is 7.99. The van der Waals surface area contributed by atoms with Crippen LogP contribution in [0.4, 0.5) is 0 Å². The van der Waals surface area contributed by atoms with E-state index in [9.17, 15) is 8.42 Å². The third-order valence-electron chi connectivity index (χ3n) is 3.67. The standard InChI is InChI=1S/C12H21N3O2S/c1-3-4-11-5-7-15(8-6-11)18(16,17)12-9-13-14-10(12)2/h9,11H,3-8H2,1-2H3,(H,13,14). The van der Waals surface area contributed by atoms with Gasteiger partial charge < -0.3 is 0 Å². The Morgan fingerprint density at radius 1 is 1.44 bits per heavy atom. The molecule has 1 aromatic heterocycles. The van der Waals surface area contributed by atoms with E-state index in [2.05, 4.69) is 17.1 Å². The molecule has 0 aliphatic carbocycles. The summed E-state index contributed by atoms with van der Waals surface area (Å²) in [4.78, 5) is 0.316. The molecule has 0 bridgehead atoms. The monoisotopic (exact) mass is 271 g/mol. The summed E-state index contributed by atoms with van der Waals surface area (Å²) in [6.07, 6.45) is 5.74. The van der Waals surface area contributed by atoms with Crippen molar-refractivity contribution in [2.75, 3.05) is 13.1 Å². The molecule has 0 saturated carbocycles. The maximum atomic E-state index is 12.4. The average Bonchev–Trinajstić information content (AvgIpc) is 2.77. The molecule has 0 amide bonds. The second kappa shape index (κ2) is 5.40. The van der Waals surface area contributed by atoms with Gasteiger partial charge in [-0.2, -0.15) is 9.40 Å². The molecule has 0 atom stereocenters. The van der Waals surface area contributed by atoms with Gasteiger partial charge in [-0.15, -0.1) is 0 Å². The summed E-state index contributed by atoms with van der Waals surface area (Å²) in [7, 11) is -3.35. The van der Waals surface area contributed by atoms with Crippen LogP contribution >= 0.6 is 0 Å². The van der Waals surface area contributed by atoms with Gasteiger partial charge in [0.15, 0.2) is 0 Å². The summed E-state index contributed by atoms with van der Waals surface area (Å²) in [5, 5.41) is 6.48. The molecule has 6 heteroatoms. The van der Waals surface area contributed by atoms with Crippen molar-refractivity contribution in [2.45, 2.75) is 44.4 Å². The molecule has 0 radical (unpaired) electrons. The fraction of sp³-hybridized carbons (Fsp3) is 0.750. The highest BCUT2D eigenvalue weighted by Gasteiger charge is 2.30. The van der Waals surface area contributed by atoms with Crippen molar-refractivity contribution >= 4 is 10.0 Å². The van der Waals surface area contributed by atoms with Gasteiger partial charge in [0.2, 0.25) is 10.0 Å². The summed E-state index contributed by atoms with van der Waals surface area (Å²) in [5.74, 6) is 0.687. The lowest BCUT2D eigenvalue weighted by atomic mass is 9.94. The predicted molar refractivity (Wildman–Crippen MR) is 69.7 cm³/mol. The van der Waals surface area contributed by atoms with Gasteiger partial charge in [-0.3, -0.25) is 5.10 Å². The molecule has 1 aromatic rings. The van der Waals surface area contributed by atoms with E-state index in [-0.39, 0.29) is 0 Å². The molecule has 1 aliphatic heterocycles. The molecule has 0 aromatic carbocycles. The first-order valence-electron chi connectivity index (χ1n) is 6.55. The molecule has 18 heavy (non-hydrogen) atoms. The van der Waals surface area contributed by atoms with Crippen LogP contribution in [0.1, 0.15) is 38.3 Å². The average molecular weight is 271 g/mol. The third kappa shape index (κ3) is 2.59.